The van der Waals surface area contributed by atoms with Crippen molar-refractivity contribution >= 4 is 15.8 Å². The Kier molecular flexibility index (Phi) is 4.29. The average molecular weight is 252 g/mol. The van der Waals surface area contributed by atoms with Gasteiger partial charge in [0.1, 0.15) is 0 Å². The number of esters is 1. The highest BCUT2D eigenvalue weighted by Gasteiger charge is 2.47. The Hall–Kier alpha value is -0.650. The summed E-state index contributed by atoms with van der Waals surface area (Å²) in [5, 5.41) is 0. The van der Waals surface area contributed by atoms with E-state index in [9.17, 15) is 17.6 Å². The molecule has 0 atom stereocenters. The average Bonchev–Trinajstić information content (AvgIpc) is 2.93. The van der Waals surface area contributed by atoms with E-state index in [1.165, 1.54) is 7.11 Å². The van der Waals surface area contributed by atoms with Crippen LogP contribution in [0.4, 0.5) is 4.39 Å². The number of carbonyl (C=O) groups excluding carboxylic acids is 1. The van der Waals surface area contributed by atoms with Gasteiger partial charge in [0.15, 0.2) is 9.84 Å². The molecular weight excluding hydrogens is 235 g/mol. The number of carbonyl (C=O) groups is 1. The largest absolute Gasteiger partial charge is 0.469 e. The van der Waals surface area contributed by atoms with Gasteiger partial charge in [-0.3, -0.25) is 9.18 Å². The standard InChI is InChI=1S/C10H17FO4S/c1-15-9(12)7-10(3-4-10)8-16(13,14)6-2-5-11/h2-8H2,1H3. The molecule has 1 aliphatic carbocycles. The van der Waals surface area contributed by atoms with Crippen molar-refractivity contribution in [3.8, 4) is 0 Å². The fourth-order valence-corrected chi connectivity index (χ4v) is 3.76. The number of hydrogen-bond donors (Lipinski definition) is 0. The van der Waals surface area contributed by atoms with Crippen molar-refractivity contribution in [2.75, 3.05) is 25.3 Å². The van der Waals surface area contributed by atoms with E-state index in [0.29, 0.717) is 0 Å². The molecule has 0 aliphatic heterocycles. The van der Waals surface area contributed by atoms with Crippen LogP contribution in [0.3, 0.4) is 0 Å². The van der Waals surface area contributed by atoms with Crippen LogP contribution in [0, 0.1) is 5.41 Å². The van der Waals surface area contributed by atoms with Gasteiger partial charge in [0, 0.05) is 0 Å². The molecule has 0 unspecified atom stereocenters. The summed E-state index contributed by atoms with van der Waals surface area (Å²) in [5.74, 6) is -0.528. The maximum absolute atomic E-state index is 11.9. The summed E-state index contributed by atoms with van der Waals surface area (Å²) in [5.41, 5.74) is -0.428. The third-order valence-electron chi connectivity index (χ3n) is 2.82. The van der Waals surface area contributed by atoms with Gasteiger partial charge in [-0.25, -0.2) is 8.42 Å². The molecule has 0 spiro atoms. The molecule has 0 N–H and O–H groups in total. The molecule has 6 heteroatoms. The monoisotopic (exact) mass is 252 g/mol. The van der Waals surface area contributed by atoms with E-state index < -0.39 is 21.9 Å². The number of rotatable bonds is 7. The molecule has 0 bridgehead atoms. The number of halogens is 1. The fourth-order valence-electron chi connectivity index (χ4n) is 1.74. The van der Waals surface area contributed by atoms with E-state index in [2.05, 4.69) is 4.74 Å². The van der Waals surface area contributed by atoms with Crippen LogP contribution in [0.2, 0.25) is 0 Å². The Morgan fingerprint density at radius 2 is 2.06 bits per heavy atom. The van der Waals surface area contributed by atoms with Gasteiger partial charge in [0.05, 0.1) is 31.7 Å². The van der Waals surface area contributed by atoms with Crippen LogP contribution in [0.15, 0.2) is 0 Å². The lowest BCUT2D eigenvalue weighted by Crippen LogP contribution is -2.23. The SMILES string of the molecule is COC(=O)CC1(CS(=O)(=O)CCCF)CC1. The third kappa shape index (κ3) is 4.08. The first-order chi connectivity index (χ1) is 7.43. The second-order valence-electron chi connectivity index (χ2n) is 4.39. The lowest BCUT2D eigenvalue weighted by Gasteiger charge is -2.13. The van der Waals surface area contributed by atoms with Crippen LogP contribution in [0.5, 0.6) is 0 Å². The Morgan fingerprint density at radius 3 is 2.50 bits per heavy atom. The molecule has 4 nitrogen and oxygen atoms in total. The topological polar surface area (TPSA) is 60.4 Å². The minimum absolute atomic E-state index is 0.0188. The van der Waals surface area contributed by atoms with E-state index in [4.69, 9.17) is 0 Å². The maximum atomic E-state index is 11.9. The summed E-state index contributed by atoms with van der Waals surface area (Å²) < 4.78 is 39.6. The number of methoxy groups -OCH3 is 1. The van der Waals surface area contributed by atoms with Gasteiger partial charge in [-0.15, -0.1) is 0 Å². The number of ether oxygens (including phenoxy) is 1. The molecule has 0 aromatic carbocycles. The van der Waals surface area contributed by atoms with Gasteiger partial charge in [-0.1, -0.05) is 0 Å². The molecule has 94 valence electrons. The van der Waals surface area contributed by atoms with Crippen molar-refractivity contribution < 1.29 is 22.3 Å². The van der Waals surface area contributed by atoms with E-state index in [1.807, 2.05) is 0 Å². The summed E-state index contributed by atoms with van der Waals surface area (Å²) in [7, 11) is -1.95. The Balaban J connectivity index is 2.50. The normalized spacial score (nSPS) is 18.1. The van der Waals surface area contributed by atoms with Crippen molar-refractivity contribution in [3.63, 3.8) is 0 Å². The van der Waals surface area contributed by atoms with Crippen LogP contribution < -0.4 is 0 Å². The summed E-state index contributed by atoms with van der Waals surface area (Å²) in [6.07, 6.45) is 1.66. The molecular formula is C10H17FO4S. The van der Waals surface area contributed by atoms with Crippen LogP contribution in [0.1, 0.15) is 25.7 Å². The Morgan fingerprint density at radius 1 is 1.44 bits per heavy atom. The Labute approximate surface area is 95.1 Å². The van der Waals surface area contributed by atoms with Gasteiger partial charge >= 0.3 is 5.97 Å². The van der Waals surface area contributed by atoms with Crippen LogP contribution in [-0.2, 0) is 19.4 Å². The van der Waals surface area contributed by atoms with Crippen molar-refractivity contribution in [2.45, 2.75) is 25.7 Å². The smallest absolute Gasteiger partial charge is 0.306 e. The van der Waals surface area contributed by atoms with Gasteiger partial charge < -0.3 is 4.74 Å². The first-order valence-corrected chi connectivity index (χ1v) is 7.08. The first-order valence-electron chi connectivity index (χ1n) is 5.26. The van der Waals surface area contributed by atoms with Crippen LogP contribution >= 0.6 is 0 Å². The van der Waals surface area contributed by atoms with Crippen molar-refractivity contribution in [1.29, 1.82) is 0 Å². The molecule has 1 fully saturated rings. The number of sulfone groups is 1. The second kappa shape index (κ2) is 5.12. The molecule has 1 aliphatic rings. The highest BCUT2D eigenvalue weighted by molar-refractivity contribution is 7.91. The molecule has 0 saturated heterocycles. The molecule has 0 heterocycles. The third-order valence-corrected chi connectivity index (χ3v) is 4.78. The van der Waals surface area contributed by atoms with E-state index >= 15 is 0 Å². The van der Waals surface area contributed by atoms with Gasteiger partial charge in [-0.2, -0.15) is 0 Å². The highest BCUT2D eigenvalue weighted by Crippen LogP contribution is 2.50. The predicted octanol–water partition coefficient (Wildman–Crippen LogP) is 1.10. The van der Waals surface area contributed by atoms with Gasteiger partial charge in [0.25, 0.3) is 0 Å². The lowest BCUT2D eigenvalue weighted by molar-refractivity contribution is -0.141. The van der Waals surface area contributed by atoms with Crippen molar-refractivity contribution in [2.24, 2.45) is 5.41 Å². The fraction of sp³-hybridized carbons (Fsp3) is 0.900. The lowest BCUT2D eigenvalue weighted by atomic mass is 10.1. The maximum Gasteiger partial charge on any atom is 0.306 e. The molecule has 0 aromatic rings. The summed E-state index contributed by atoms with van der Waals surface area (Å²) in [6, 6.07) is 0. The Bertz CT molecular complexity index is 346. The minimum Gasteiger partial charge on any atom is -0.469 e. The van der Waals surface area contributed by atoms with E-state index in [-0.39, 0.29) is 30.3 Å². The highest BCUT2D eigenvalue weighted by atomic mass is 32.2. The second-order valence-corrected chi connectivity index (χ2v) is 6.57. The molecule has 1 saturated carbocycles. The molecule has 0 amide bonds. The first kappa shape index (κ1) is 13.4. The molecule has 16 heavy (non-hydrogen) atoms. The van der Waals surface area contributed by atoms with Crippen LogP contribution in [-0.4, -0.2) is 39.7 Å². The van der Waals surface area contributed by atoms with Crippen molar-refractivity contribution in [3.05, 3.63) is 0 Å². The quantitative estimate of drug-likeness (QED) is 0.637. The minimum atomic E-state index is -3.24. The number of hydrogen-bond acceptors (Lipinski definition) is 4. The van der Waals surface area contributed by atoms with Gasteiger partial charge in [-0.05, 0) is 24.7 Å². The van der Waals surface area contributed by atoms with Crippen LogP contribution in [0.25, 0.3) is 0 Å². The van der Waals surface area contributed by atoms with E-state index in [0.717, 1.165) is 12.8 Å². The summed E-state index contributed by atoms with van der Waals surface area (Å²) >= 11 is 0. The number of alkyl halides is 1. The molecule has 0 aromatic heterocycles. The molecule has 1 rings (SSSR count). The zero-order chi connectivity index (χ0) is 12.2. The van der Waals surface area contributed by atoms with E-state index in [1.54, 1.807) is 0 Å². The predicted molar refractivity (Wildman–Crippen MR) is 57.5 cm³/mol. The summed E-state index contributed by atoms with van der Waals surface area (Å²) in [4.78, 5) is 11.1. The molecule has 0 radical (unpaired) electrons. The van der Waals surface area contributed by atoms with Gasteiger partial charge in [0.2, 0.25) is 0 Å². The zero-order valence-corrected chi connectivity index (χ0v) is 10.2. The van der Waals surface area contributed by atoms with Crippen molar-refractivity contribution in [1.82, 2.24) is 0 Å². The zero-order valence-electron chi connectivity index (χ0n) is 9.37. The summed E-state index contributed by atoms with van der Waals surface area (Å²) in [6.45, 7) is -0.622.